The van der Waals surface area contributed by atoms with Gasteiger partial charge in [-0.3, -0.25) is 9.59 Å². The van der Waals surface area contributed by atoms with E-state index in [1.165, 1.54) is 6.08 Å². The SMILES string of the molecule is CCOC(=O)CC(=O)C=Cc1ccc(N)cc1. The molecule has 0 saturated heterocycles. The Kier molecular flexibility index (Phi) is 4.94. The Labute approximate surface area is 100 Å². The van der Waals surface area contributed by atoms with Crippen molar-refractivity contribution in [3.05, 3.63) is 35.9 Å². The molecule has 17 heavy (non-hydrogen) atoms. The van der Waals surface area contributed by atoms with E-state index in [0.29, 0.717) is 5.69 Å². The second kappa shape index (κ2) is 6.48. The molecule has 4 nitrogen and oxygen atoms in total. The third-order valence-corrected chi connectivity index (χ3v) is 2.02. The summed E-state index contributed by atoms with van der Waals surface area (Å²) in [6.45, 7) is 1.99. The van der Waals surface area contributed by atoms with Gasteiger partial charge in [-0.2, -0.15) is 0 Å². The molecular weight excluding hydrogens is 218 g/mol. The second-order valence-corrected chi connectivity index (χ2v) is 3.45. The van der Waals surface area contributed by atoms with Crippen LogP contribution in [0.5, 0.6) is 0 Å². The van der Waals surface area contributed by atoms with Crippen molar-refractivity contribution in [2.75, 3.05) is 12.3 Å². The number of hydrogen-bond donors (Lipinski definition) is 1. The van der Waals surface area contributed by atoms with Gasteiger partial charge < -0.3 is 10.5 Å². The molecule has 0 saturated carbocycles. The number of hydrogen-bond acceptors (Lipinski definition) is 4. The summed E-state index contributed by atoms with van der Waals surface area (Å²) in [6.07, 6.45) is 2.78. The minimum atomic E-state index is -0.501. The lowest BCUT2D eigenvalue weighted by atomic mass is 10.1. The number of carbonyl (C=O) groups excluding carboxylic acids is 2. The maximum Gasteiger partial charge on any atom is 0.313 e. The largest absolute Gasteiger partial charge is 0.466 e. The van der Waals surface area contributed by atoms with Crippen molar-refractivity contribution in [3.63, 3.8) is 0 Å². The van der Waals surface area contributed by atoms with Gasteiger partial charge >= 0.3 is 5.97 Å². The van der Waals surface area contributed by atoms with Crippen LogP contribution in [0, 0.1) is 0 Å². The van der Waals surface area contributed by atoms with Gasteiger partial charge in [-0.15, -0.1) is 0 Å². The number of allylic oxidation sites excluding steroid dienone is 1. The molecule has 0 aromatic heterocycles. The van der Waals surface area contributed by atoms with E-state index in [9.17, 15) is 9.59 Å². The average Bonchev–Trinajstić information content (AvgIpc) is 2.28. The van der Waals surface area contributed by atoms with Gasteiger partial charge in [0.2, 0.25) is 0 Å². The number of nitrogen functional groups attached to an aromatic ring is 1. The zero-order valence-electron chi connectivity index (χ0n) is 9.68. The van der Waals surface area contributed by atoms with Crippen LogP contribution >= 0.6 is 0 Å². The van der Waals surface area contributed by atoms with Crippen LogP contribution in [0.3, 0.4) is 0 Å². The molecule has 1 aromatic rings. The Balaban J connectivity index is 2.50. The van der Waals surface area contributed by atoms with Gasteiger partial charge in [0.05, 0.1) is 6.61 Å². The van der Waals surface area contributed by atoms with E-state index >= 15 is 0 Å². The molecule has 90 valence electrons. The topological polar surface area (TPSA) is 69.4 Å². The Hall–Kier alpha value is -2.10. The first-order chi connectivity index (χ1) is 8.11. The highest BCUT2D eigenvalue weighted by Gasteiger charge is 2.06. The second-order valence-electron chi connectivity index (χ2n) is 3.45. The number of benzene rings is 1. The first-order valence-corrected chi connectivity index (χ1v) is 5.34. The first-order valence-electron chi connectivity index (χ1n) is 5.34. The zero-order chi connectivity index (χ0) is 12.7. The predicted octanol–water partition coefficient (Wildman–Crippen LogP) is 1.80. The van der Waals surface area contributed by atoms with Gasteiger partial charge in [0.25, 0.3) is 0 Å². The summed E-state index contributed by atoms with van der Waals surface area (Å²) in [4.78, 5) is 22.4. The molecule has 0 amide bonds. The third kappa shape index (κ3) is 4.97. The van der Waals surface area contributed by atoms with Crippen LogP contribution < -0.4 is 5.73 Å². The molecule has 0 aliphatic heterocycles. The number of rotatable bonds is 5. The third-order valence-electron chi connectivity index (χ3n) is 2.02. The van der Waals surface area contributed by atoms with Crippen LogP contribution in [0.1, 0.15) is 18.9 Å². The summed E-state index contributed by atoms with van der Waals surface area (Å²) in [6, 6.07) is 7.08. The minimum absolute atomic E-state index is 0.223. The molecule has 0 fully saturated rings. The number of esters is 1. The number of anilines is 1. The summed E-state index contributed by atoms with van der Waals surface area (Å²) in [5, 5.41) is 0. The van der Waals surface area contributed by atoms with Crippen molar-refractivity contribution in [2.45, 2.75) is 13.3 Å². The predicted molar refractivity (Wildman–Crippen MR) is 66.1 cm³/mol. The highest BCUT2D eigenvalue weighted by Crippen LogP contribution is 2.07. The van der Waals surface area contributed by atoms with Gasteiger partial charge in [-0.1, -0.05) is 18.2 Å². The monoisotopic (exact) mass is 233 g/mol. The molecular formula is C13H15NO3. The van der Waals surface area contributed by atoms with Gasteiger partial charge in [-0.25, -0.2) is 0 Å². The molecule has 4 heteroatoms. The lowest BCUT2D eigenvalue weighted by molar-refractivity contribution is -0.144. The number of ketones is 1. The summed E-state index contributed by atoms with van der Waals surface area (Å²) in [7, 11) is 0. The van der Waals surface area contributed by atoms with E-state index in [2.05, 4.69) is 4.74 Å². The number of nitrogens with two attached hydrogens (primary N) is 1. The van der Waals surface area contributed by atoms with Crippen molar-refractivity contribution in [3.8, 4) is 0 Å². The lowest BCUT2D eigenvalue weighted by Gasteiger charge is -1.98. The molecule has 0 radical (unpaired) electrons. The van der Waals surface area contributed by atoms with Gasteiger partial charge in [0.15, 0.2) is 5.78 Å². The fraction of sp³-hybridized carbons (Fsp3) is 0.231. The Morgan fingerprint density at radius 3 is 2.53 bits per heavy atom. The normalized spacial score (nSPS) is 10.4. The summed E-state index contributed by atoms with van der Waals surface area (Å²) in [5.74, 6) is -0.778. The summed E-state index contributed by atoms with van der Waals surface area (Å²) >= 11 is 0. The van der Waals surface area contributed by atoms with Gasteiger partial charge in [0.1, 0.15) is 6.42 Å². The average molecular weight is 233 g/mol. The molecule has 1 rings (SSSR count). The Morgan fingerprint density at radius 1 is 1.29 bits per heavy atom. The quantitative estimate of drug-likeness (QED) is 0.364. The fourth-order valence-corrected chi connectivity index (χ4v) is 1.21. The van der Waals surface area contributed by atoms with E-state index in [4.69, 9.17) is 5.73 Å². The molecule has 0 unspecified atom stereocenters. The Bertz CT molecular complexity index is 421. The van der Waals surface area contributed by atoms with Crippen molar-refractivity contribution in [1.82, 2.24) is 0 Å². The van der Waals surface area contributed by atoms with E-state index < -0.39 is 5.97 Å². The van der Waals surface area contributed by atoms with E-state index in [1.54, 1.807) is 37.3 Å². The highest BCUT2D eigenvalue weighted by atomic mass is 16.5. The molecule has 1 aromatic carbocycles. The molecule has 0 spiro atoms. The van der Waals surface area contributed by atoms with Crippen LogP contribution in [0.25, 0.3) is 6.08 Å². The molecule has 0 bridgehead atoms. The van der Waals surface area contributed by atoms with Crippen molar-refractivity contribution in [2.24, 2.45) is 0 Å². The maximum atomic E-state index is 11.4. The van der Waals surface area contributed by atoms with Crippen LogP contribution in [0.4, 0.5) is 5.69 Å². The molecule has 0 aliphatic carbocycles. The molecule has 0 atom stereocenters. The van der Waals surface area contributed by atoms with Crippen molar-refractivity contribution in [1.29, 1.82) is 0 Å². The molecule has 0 heterocycles. The van der Waals surface area contributed by atoms with Crippen LogP contribution in [0.2, 0.25) is 0 Å². The first kappa shape index (κ1) is 13.0. The molecule has 2 N–H and O–H groups in total. The summed E-state index contributed by atoms with van der Waals surface area (Å²) < 4.78 is 4.67. The Morgan fingerprint density at radius 2 is 1.94 bits per heavy atom. The molecule has 0 aliphatic rings. The van der Waals surface area contributed by atoms with E-state index in [0.717, 1.165) is 5.56 Å². The van der Waals surface area contributed by atoms with Gasteiger partial charge in [0, 0.05) is 5.69 Å². The smallest absolute Gasteiger partial charge is 0.313 e. The lowest BCUT2D eigenvalue weighted by Crippen LogP contribution is -2.08. The number of ether oxygens (including phenoxy) is 1. The zero-order valence-corrected chi connectivity index (χ0v) is 9.68. The maximum absolute atomic E-state index is 11.4. The van der Waals surface area contributed by atoms with Crippen LogP contribution in [0.15, 0.2) is 30.3 Å². The van der Waals surface area contributed by atoms with Crippen molar-refractivity contribution >= 4 is 23.5 Å². The number of carbonyl (C=O) groups is 2. The van der Waals surface area contributed by atoms with E-state index in [1.807, 2.05) is 0 Å². The van der Waals surface area contributed by atoms with Crippen molar-refractivity contribution < 1.29 is 14.3 Å². The van der Waals surface area contributed by atoms with Crippen LogP contribution in [-0.4, -0.2) is 18.4 Å². The fourth-order valence-electron chi connectivity index (χ4n) is 1.21. The van der Waals surface area contributed by atoms with Gasteiger partial charge in [-0.05, 0) is 30.7 Å². The summed E-state index contributed by atoms with van der Waals surface area (Å²) in [5.41, 5.74) is 7.05. The van der Waals surface area contributed by atoms with Crippen LogP contribution in [-0.2, 0) is 14.3 Å². The van der Waals surface area contributed by atoms with E-state index in [-0.39, 0.29) is 18.8 Å². The standard InChI is InChI=1S/C13H15NO3/c1-2-17-13(16)9-12(15)8-5-10-3-6-11(14)7-4-10/h3-8H,2,9,14H2,1H3. The highest BCUT2D eigenvalue weighted by molar-refractivity contribution is 6.03. The minimum Gasteiger partial charge on any atom is -0.466 e.